The molecule has 1 aromatic carbocycles. The number of nitrogens with zero attached hydrogens (tertiary/aromatic N) is 2. The second-order valence-electron chi connectivity index (χ2n) is 5.12. The van der Waals surface area contributed by atoms with Gasteiger partial charge in [-0.15, -0.1) is 0 Å². The molecule has 1 N–H and O–H groups in total. The maximum absolute atomic E-state index is 12.9. The van der Waals surface area contributed by atoms with Crippen LogP contribution in [-0.4, -0.2) is 29.4 Å². The molecule has 26 heavy (non-hydrogen) atoms. The first kappa shape index (κ1) is 19.5. The summed E-state index contributed by atoms with van der Waals surface area (Å²) < 4.78 is 72.9. The first-order valence-electron chi connectivity index (χ1n) is 7.14. The summed E-state index contributed by atoms with van der Waals surface area (Å²) in [5.41, 5.74) is -0.811. The molecule has 1 amide bonds. The fourth-order valence-corrected chi connectivity index (χ4v) is 2.17. The Morgan fingerprint density at radius 3 is 2.54 bits per heavy atom. The van der Waals surface area contributed by atoms with E-state index in [1.54, 1.807) is 0 Å². The van der Waals surface area contributed by atoms with E-state index in [4.69, 9.17) is 4.74 Å². The lowest BCUT2D eigenvalue weighted by Gasteiger charge is -2.13. The van der Waals surface area contributed by atoms with E-state index in [0.29, 0.717) is 4.68 Å². The number of halogens is 5. The van der Waals surface area contributed by atoms with Gasteiger partial charge in [0.25, 0.3) is 0 Å². The Labute approximate surface area is 144 Å². The van der Waals surface area contributed by atoms with E-state index in [1.807, 2.05) is 0 Å². The smallest absolute Gasteiger partial charge is 0.433 e. The summed E-state index contributed by atoms with van der Waals surface area (Å²) in [5.74, 6) is -1.11. The number of carbonyl (C=O) groups excluding carboxylic acids is 1. The van der Waals surface area contributed by atoms with E-state index in [9.17, 15) is 26.7 Å². The molecule has 0 radical (unpaired) electrons. The molecule has 0 aliphatic rings. The number of rotatable bonds is 6. The van der Waals surface area contributed by atoms with Crippen molar-refractivity contribution >= 4 is 11.6 Å². The number of aromatic nitrogens is 2. The van der Waals surface area contributed by atoms with Crippen LogP contribution in [0.3, 0.4) is 0 Å². The number of aryl methyl sites for hydroxylation is 1. The van der Waals surface area contributed by atoms with Crippen molar-refractivity contribution in [2.75, 3.05) is 12.4 Å². The average molecular weight is 379 g/mol. The molecule has 0 aliphatic heterocycles. The van der Waals surface area contributed by atoms with Gasteiger partial charge >= 0.3 is 12.8 Å². The van der Waals surface area contributed by atoms with E-state index in [2.05, 4.69) is 15.2 Å². The number of hydrogen-bond donors (Lipinski definition) is 1. The van der Waals surface area contributed by atoms with E-state index in [0.717, 1.165) is 12.1 Å². The largest absolute Gasteiger partial charge is 0.493 e. The molecule has 11 heteroatoms. The third kappa shape index (κ3) is 4.83. The maximum atomic E-state index is 12.9. The van der Waals surface area contributed by atoms with E-state index in [-0.39, 0.29) is 22.9 Å². The third-order valence-electron chi connectivity index (χ3n) is 3.15. The van der Waals surface area contributed by atoms with Crippen molar-refractivity contribution in [1.82, 2.24) is 9.78 Å². The summed E-state index contributed by atoms with van der Waals surface area (Å²) in [5, 5.41) is 5.99. The lowest BCUT2D eigenvalue weighted by Crippen LogP contribution is -2.23. The molecule has 0 fully saturated rings. The predicted octanol–water partition coefficient (Wildman–Crippen LogP) is 3.46. The number of alkyl halides is 5. The number of benzene rings is 1. The molecule has 1 heterocycles. The summed E-state index contributed by atoms with van der Waals surface area (Å²) >= 11 is 0. The molecule has 0 atom stereocenters. The minimum Gasteiger partial charge on any atom is -0.493 e. The predicted molar refractivity (Wildman–Crippen MR) is 80.2 cm³/mol. The summed E-state index contributed by atoms with van der Waals surface area (Å²) in [4.78, 5) is 12.0. The molecule has 0 aliphatic carbocycles. The molecule has 2 aromatic rings. The van der Waals surface area contributed by atoms with Gasteiger partial charge in [-0.25, -0.2) is 0 Å². The van der Waals surface area contributed by atoms with Gasteiger partial charge in [0.15, 0.2) is 11.5 Å². The molecule has 142 valence electrons. The second-order valence-corrected chi connectivity index (χ2v) is 5.12. The van der Waals surface area contributed by atoms with E-state index < -0.39 is 30.9 Å². The molecular weight excluding hydrogens is 365 g/mol. The Hall–Kier alpha value is -2.85. The lowest BCUT2D eigenvalue weighted by atomic mass is 10.2. The monoisotopic (exact) mass is 379 g/mol. The van der Waals surface area contributed by atoms with Gasteiger partial charge in [0.05, 0.1) is 12.8 Å². The average Bonchev–Trinajstić information content (AvgIpc) is 2.88. The van der Waals surface area contributed by atoms with Gasteiger partial charge in [-0.1, -0.05) is 0 Å². The molecule has 0 spiro atoms. The normalized spacial score (nSPS) is 11.5. The molecule has 0 saturated heterocycles. The van der Waals surface area contributed by atoms with Crippen LogP contribution < -0.4 is 14.8 Å². The number of hydrogen-bond acceptors (Lipinski definition) is 4. The van der Waals surface area contributed by atoms with Gasteiger partial charge in [-0.2, -0.15) is 27.1 Å². The molecule has 0 bridgehead atoms. The van der Waals surface area contributed by atoms with Crippen molar-refractivity contribution in [3.05, 3.63) is 35.7 Å². The van der Waals surface area contributed by atoms with Gasteiger partial charge in [-0.05, 0) is 25.1 Å². The van der Waals surface area contributed by atoms with Crippen LogP contribution in [0.2, 0.25) is 0 Å². The van der Waals surface area contributed by atoms with Crippen LogP contribution in [0.5, 0.6) is 11.5 Å². The van der Waals surface area contributed by atoms with Crippen molar-refractivity contribution in [3.8, 4) is 11.5 Å². The number of carbonyl (C=O) groups is 1. The first-order chi connectivity index (χ1) is 12.1. The molecule has 0 unspecified atom stereocenters. The molecular formula is C15H14F5N3O3. The van der Waals surface area contributed by atoms with Crippen LogP contribution in [0.4, 0.5) is 27.6 Å². The van der Waals surface area contributed by atoms with Crippen molar-refractivity contribution in [3.63, 3.8) is 0 Å². The SMILES string of the molecule is COc1cc(NC(=O)Cn2nc(C)cc2C(F)(F)F)ccc1OC(F)F. The van der Waals surface area contributed by atoms with Crippen LogP contribution in [0, 0.1) is 6.92 Å². The minimum atomic E-state index is -4.65. The highest BCUT2D eigenvalue weighted by atomic mass is 19.4. The number of amides is 1. The highest BCUT2D eigenvalue weighted by Crippen LogP contribution is 2.32. The van der Waals surface area contributed by atoms with Gasteiger partial charge in [0, 0.05) is 11.8 Å². The van der Waals surface area contributed by atoms with Gasteiger partial charge in [0.1, 0.15) is 12.2 Å². The van der Waals surface area contributed by atoms with Crippen molar-refractivity contribution in [2.45, 2.75) is 26.3 Å². The van der Waals surface area contributed by atoms with Crippen LogP contribution in [-0.2, 0) is 17.5 Å². The number of ether oxygens (including phenoxy) is 2. The standard InChI is InChI=1S/C15H14F5N3O3/c1-8-5-12(15(18,19)20)23(22-8)7-13(24)21-9-3-4-10(26-14(16)17)11(6-9)25-2/h3-6,14H,7H2,1-2H3,(H,21,24). The molecule has 1 aromatic heterocycles. The Bertz CT molecular complexity index is 789. The van der Waals surface area contributed by atoms with Crippen molar-refractivity contribution < 1.29 is 36.2 Å². The van der Waals surface area contributed by atoms with Gasteiger partial charge < -0.3 is 14.8 Å². The Balaban J connectivity index is 2.14. The lowest BCUT2D eigenvalue weighted by molar-refractivity contribution is -0.144. The Kier molecular flexibility index (Phi) is 5.68. The number of methoxy groups -OCH3 is 1. The fourth-order valence-electron chi connectivity index (χ4n) is 2.17. The number of anilines is 1. The molecule has 6 nitrogen and oxygen atoms in total. The molecule has 0 saturated carbocycles. The Morgan fingerprint density at radius 1 is 1.27 bits per heavy atom. The van der Waals surface area contributed by atoms with E-state index in [1.165, 1.54) is 26.2 Å². The summed E-state index contributed by atoms with van der Waals surface area (Å²) in [7, 11) is 1.21. The highest BCUT2D eigenvalue weighted by Gasteiger charge is 2.35. The topological polar surface area (TPSA) is 65.4 Å². The fraction of sp³-hybridized carbons (Fsp3) is 0.333. The van der Waals surface area contributed by atoms with Crippen molar-refractivity contribution in [1.29, 1.82) is 0 Å². The third-order valence-corrected chi connectivity index (χ3v) is 3.15. The van der Waals surface area contributed by atoms with Crippen molar-refractivity contribution in [2.24, 2.45) is 0 Å². The van der Waals surface area contributed by atoms with Crippen LogP contribution >= 0.6 is 0 Å². The van der Waals surface area contributed by atoms with Crippen LogP contribution in [0.1, 0.15) is 11.4 Å². The maximum Gasteiger partial charge on any atom is 0.433 e. The zero-order chi connectivity index (χ0) is 19.5. The minimum absolute atomic E-state index is 0.0750. The first-order valence-corrected chi connectivity index (χ1v) is 7.14. The van der Waals surface area contributed by atoms with E-state index >= 15 is 0 Å². The summed E-state index contributed by atoms with van der Waals surface area (Å²) in [6, 6.07) is 4.42. The summed E-state index contributed by atoms with van der Waals surface area (Å²) in [6.07, 6.45) is -4.65. The van der Waals surface area contributed by atoms with Gasteiger partial charge in [-0.3, -0.25) is 9.48 Å². The highest BCUT2D eigenvalue weighted by molar-refractivity contribution is 5.90. The quantitative estimate of drug-likeness (QED) is 0.781. The summed E-state index contributed by atoms with van der Waals surface area (Å²) in [6.45, 7) is -2.37. The number of nitrogens with one attached hydrogen (secondary N) is 1. The second kappa shape index (κ2) is 7.58. The van der Waals surface area contributed by atoms with Gasteiger partial charge in [0.2, 0.25) is 5.91 Å². The van der Waals surface area contributed by atoms with Crippen LogP contribution in [0.25, 0.3) is 0 Å². The van der Waals surface area contributed by atoms with Crippen LogP contribution in [0.15, 0.2) is 24.3 Å². The zero-order valence-electron chi connectivity index (χ0n) is 13.6. The molecule has 2 rings (SSSR count). The zero-order valence-corrected chi connectivity index (χ0v) is 13.6. The Morgan fingerprint density at radius 2 is 1.96 bits per heavy atom.